The van der Waals surface area contributed by atoms with E-state index in [1.165, 1.54) is 5.56 Å². The summed E-state index contributed by atoms with van der Waals surface area (Å²) in [5, 5.41) is 0. The van der Waals surface area contributed by atoms with Gasteiger partial charge >= 0.3 is 0 Å². The van der Waals surface area contributed by atoms with Crippen LogP contribution in [0.5, 0.6) is 0 Å². The molecule has 0 fully saturated rings. The molecule has 2 heterocycles. The third kappa shape index (κ3) is 2.46. The van der Waals surface area contributed by atoms with Crippen LogP contribution in [-0.2, 0) is 5.88 Å². The Balaban J connectivity index is 0.00000133. The topological polar surface area (TPSA) is 17.3 Å². The third-order valence-corrected chi connectivity index (χ3v) is 3.33. The summed E-state index contributed by atoms with van der Waals surface area (Å²) < 4.78 is 2.04. The van der Waals surface area contributed by atoms with Crippen LogP contribution in [0.15, 0.2) is 48.7 Å². The smallest absolute Gasteiger partial charge is 0.137 e. The highest BCUT2D eigenvalue weighted by Gasteiger charge is 2.12. The summed E-state index contributed by atoms with van der Waals surface area (Å²) in [6.45, 7) is 2.08. The van der Waals surface area contributed by atoms with E-state index in [0.717, 1.165) is 22.6 Å². The minimum absolute atomic E-state index is 0. The molecule has 98 valence electrons. The van der Waals surface area contributed by atoms with E-state index in [1.54, 1.807) is 0 Å². The summed E-state index contributed by atoms with van der Waals surface area (Å²) in [6, 6.07) is 14.3. The number of rotatable bonds is 2. The summed E-state index contributed by atoms with van der Waals surface area (Å²) in [6.07, 6.45) is 2.00. The van der Waals surface area contributed by atoms with Crippen molar-refractivity contribution in [2.75, 3.05) is 0 Å². The van der Waals surface area contributed by atoms with Crippen LogP contribution < -0.4 is 0 Å². The van der Waals surface area contributed by atoms with Gasteiger partial charge in [-0.05, 0) is 19.1 Å². The predicted octanol–water partition coefficient (Wildman–Crippen LogP) is 4.47. The molecular formula is C15H14Cl2N2. The molecule has 0 N–H and O–H groups in total. The summed E-state index contributed by atoms with van der Waals surface area (Å²) in [7, 11) is 0. The maximum Gasteiger partial charge on any atom is 0.137 e. The maximum atomic E-state index is 6.07. The molecule has 3 rings (SSSR count). The van der Waals surface area contributed by atoms with Crippen molar-refractivity contribution in [3.8, 4) is 11.3 Å². The first kappa shape index (κ1) is 13.9. The Hall–Kier alpha value is -1.51. The van der Waals surface area contributed by atoms with Gasteiger partial charge in [0, 0.05) is 11.8 Å². The second kappa shape index (κ2) is 5.64. The highest BCUT2D eigenvalue weighted by atomic mass is 35.5. The first-order valence-electron chi connectivity index (χ1n) is 5.88. The zero-order valence-corrected chi connectivity index (χ0v) is 12.1. The quantitative estimate of drug-likeness (QED) is 0.637. The Labute approximate surface area is 123 Å². The molecular weight excluding hydrogens is 279 g/mol. The van der Waals surface area contributed by atoms with E-state index in [0.29, 0.717) is 5.88 Å². The average molecular weight is 293 g/mol. The van der Waals surface area contributed by atoms with Gasteiger partial charge < -0.3 is 4.40 Å². The lowest BCUT2D eigenvalue weighted by Crippen LogP contribution is -1.90. The van der Waals surface area contributed by atoms with Crippen molar-refractivity contribution < 1.29 is 0 Å². The fourth-order valence-electron chi connectivity index (χ4n) is 2.12. The number of fused-ring (bicyclic) bond motifs is 1. The Morgan fingerprint density at radius 3 is 2.53 bits per heavy atom. The van der Waals surface area contributed by atoms with Gasteiger partial charge in [0.25, 0.3) is 0 Å². The van der Waals surface area contributed by atoms with Crippen molar-refractivity contribution in [2.24, 2.45) is 0 Å². The molecule has 0 amide bonds. The number of pyridine rings is 1. The summed E-state index contributed by atoms with van der Waals surface area (Å²) >= 11 is 6.07. The van der Waals surface area contributed by atoms with Crippen LogP contribution in [0.2, 0.25) is 0 Å². The molecule has 0 aliphatic rings. The lowest BCUT2D eigenvalue weighted by molar-refractivity contribution is 1.09. The van der Waals surface area contributed by atoms with Crippen LogP contribution >= 0.6 is 24.0 Å². The van der Waals surface area contributed by atoms with E-state index in [-0.39, 0.29) is 12.4 Å². The number of aryl methyl sites for hydroxylation is 1. The van der Waals surface area contributed by atoms with Crippen LogP contribution in [0.1, 0.15) is 11.3 Å². The standard InChI is InChI=1S/C15H13ClN2.ClH/c1-11-5-7-12(8-6-11)15-13(10-16)18-9-3-2-4-14(18)17-15;/h2-9H,10H2,1H3;1H. The van der Waals surface area contributed by atoms with Gasteiger partial charge in [0.2, 0.25) is 0 Å². The number of nitrogens with zero attached hydrogens (tertiary/aromatic N) is 2. The lowest BCUT2D eigenvalue weighted by Gasteiger charge is -2.01. The van der Waals surface area contributed by atoms with Gasteiger partial charge in [-0.1, -0.05) is 35.9 Å². The lowest BCUT2D eigenvalue weighted by atomic mass is 10.1. The number of aromatic nitrogens is 2. The molecule has 19 heavy (non-hydrogen) atoms. The molecule has 0 aliphatic carbocycles. The van der Waals surface area contributed by atoms with E-state index in [9.17, 15) is 0 Å². The van der Waals surface area contributed by atoms with Crippen molar-refractivity contribution in [2.45, 2.75) is 12.8 Å². The van der Waals surface area contributed by atoms with Gasteiger partial charge in [-0.2, -0.15) is 0 Å². The Morgan fingerprint density at radius 1 is 1.11 bits per heavy atom. The highest BCUT2D eigenvalue weighted by Crippen LogP contribution is 2.25. The fourth-order valence-corrected chi connectivity index (χ4v) is 2.37. The molecule has 0 saturated heterocycles. The highest BCUT2D eigenvalue weighted by molar-refractivity contribution is 6.17. The van der Waals surface area contributed by atoms with Gasteiger partial charge in [0.15, 0.2) is 0 Å². The Bertz CT molecular complexity index is 687. The van der Waals surface area contributed by atoms with E-state index < -0.39 is 0 Å². The molecule has 3 aromatic rings. The molecule has 2 nitrogen and oxygen atoms in total. The molecule has 0 bridgehead atoms. The molecule has 2 aromatic heterocycles. The minimum atomic E-state index is 0. The van der Waals surface area contributed by atoms with Crippen LogP contribution in [0, 0.1) is 6.92 Å². The van der Waals surface area contributed by atoms with Crippen LogP contribution in [0.25, 0.3) is 16.9 Å². The van der Waals surface area contributed by atoms with E-state index >= 15 is 0 Å². The van der Waals surface area contributed by atoms with Crippen LogP contribution in [0.3, 0.4) is 0 Å². The molecule has 0 aliphatic heterocycles. The minimum Gasteiger partial charge on any atom is -0.302 e. The van der Waals surface area contributed by atoms with Gasteiger partial charge in [0.05, 0.1) is 17.3 Å². The van der Waals surface area contributed by atoms with Crippen LogP contribution in [-0.4, -0.2) is 9.38 Å². The molecule has 0 spiro atoms. The number of alkyl halides is 1. The van der Waals surface area contributed by atoms with E-state index in [1.807, 2.05) is 28.8 Å². The molecule has 4 heteroatoms. The average Bonchev–Trinajstić information content (AvgIpc) is 2.78. The SMILES string of the molecule is Cc1ccc(-c2nc3ccccn3c2CCl)cc1.Cl. The first-order valence-corrected chi connectivity index (χ1v) is 6.42. The van der Waals surface area contributed by atoms with Gasteiger partial charge in [0.1, 0.15) is 5.65 Å². The van der Waals surface area contributed by atoms with Gasteiger partial charge in [-0.15, -0.1) is 24.0 Å². The van der Waals surface area contributed by atoms with Gasteiger partial charge in [-0.3, -0.25) is 0 Å². The second-order valence-electron chi connectivity index (χ2n) is 4.34. The number of benzene rings is 1. The van der Waals surface area contributed by atoms with Crippen molar-refractivity contribution >= 4 is 29.7 Å². The number of imidazole rings is 1. The zero-order chi connectivity index (χ0) is 12.5. The number of hydrogen-bond acceptors (Lipinski definition) is 1. The molecule has 1 aromatic carbocycles. The monoisotopic (exact) mass is 292 g/mol. The predicted molar refractivity (Wildman–Crippen MR) is 82.2 cm³/mol. The van der Waals surface area contributed by atoms with Crippen LogP contribution in [0.4, 0.5) is 0 Å². The third-order valence-electron chi connectivity index (χ3n) is 3.08. The van der Waals surface area contributed by atoms with Gasteiger partial charge in [-0.25, -0.2) is 4.98 Å². The Kier molecular flexibility index (Phi) is 4.13. The molecule has 0 saturated carbocycles. The largest absolute Gasteiger partial charge is 0.302 e. The normalized spacial score (nSPS) is 10.4. The fraction of sp³-hybridized carbons (Fsp3) is 0.133. The first-order chi connectivity index (χ1) is 8.79. The summed E-state index contributed by atoms with van der Waals surface area (Å²) in [4.78, 5) is 4.66. The second-order valence-corrected chi connectivity index (χ2v) is 4.60. The molecule has 0 atom stereocenters. The number of halogens is 2. The zero-order valence-electron chi connectivity index (χ0n) is 10.5. The van der Waals surface area contributed by atoms with Crippen molar-refractivity contribution in [3.63, 3.8) is 0 Å². The molecule has 0 radical (unpaired) electrons. The van der Waals surface area contributed by atoms with Crippen molar-refractivity contribution in [1.82, 2.24) is 9.38 Å². The summed E-state index contributed by atoms with van der Waals surface area (Å²) in [5.74, 6) is 0.453. The Morgan fingerprint density at radius 2 is 1.84 bits per heavy atom. The molecule has 0 unspecified atom stereocenters. The summed E-state index contributed by atoms with van der Waals surface area (Å²) in [5.41, 5.74) is 5.30. The van der Waals surface area contributed by atoms with E-state index in [2.05, 4.69) is 36.2 Å². The number of hydrogen-bond donors (Lipinski definition) is 0. The van der Waals surface area contributed by atoms with Crippen molar-refractivity contribution in [3.05, 3.63) is 59.9 Å². The maximum absolute atomic E-state index is 6.07. The van der Waals surface area contributed by atoms with Crippen molar-refractivity contribution in [1.29, 1.82) is 0 Å². The van der Waals surface area contributed by atoms with E-state index in [4.69, 9.17) is 11.6 Å².